The van der Waals surface area contributed by atoms with Gasteiger partial charge < -0.3 is 5.73 Å². The molecule has 0 fully saturated rings. The van der Waals surface area contributed by atoms with Gasteiger partial charge in [0, 0.05) is 18.7 Å². The van der Waals surface area contributed by atoms with Gasteiger partial charge in [-0.3, -0.25) is 0 Å². The predicted molar refractivity (Wildman–Crippen MR) is 103 cm³/mol. The van der Waals surface area contributed by atoms with Gasteiger partial charge in [0.05, 0.1) is 18.4 Å². The van der Waals surface area contributed by atoms with E-state index >= 15 is 0 Å². The van der Waals surface area contributed by atoms with Gasteiger partial charge in [0.2, 0.25) is 5.95 Å². The quantitative estimate of drug-likeness (QED) is 0.569. The molecule has 0 atom stereocenters. The third-order valence-electron chi connectivity index (χ3n) is 4.70. The van der Waals surface area contributed by atoms with Gasteiger partial charge in [-0.1, -0.05) is 23.4 Å². The molecule has 0 saturated carbocycles. The Morgan fingerprint density at radius 1 is 1.14 bits per heavy atom. The Labute approximate surface area is 165 Å². The van der Waals surface area contributed by atoms with Crippen LogP contribution in [0.1, 0.15) is 16.8 Å². The Kier molecular flexibility index (Phi) is 4.53. The number of benzene rings is 1. The van der Waals surface area contributed by atoms with Gasteiger partial charge in [-0.05, 0) is 25.0 Å². The van der Waals surface area contributed by atoms with Crippen LogP contribution in [0.4, 0.5) is 14.6 Å². The number of rotatable bonds is 4. The normalized spacial score (nSPS) is 11.2. The molecule has 8 nitrogen and oxygen atoms in total. The molecule has 10 heteroatoms. The molecule has 4 aromatic rings. The lowest BCUT2D eigenvalue weighted by Gasteiger charge is -2.10. The van der Waals surface area contributed by atoms with Gasteiger partial charge in [-0.25, -0.2) is 23.7 Å². The summed E-state index contributed by atoms with van der Waals surface area (Å²) in [5, 5.41) is 12.0. The smallest absolute Gasteiger partial charge is 0.211 e. The molecule has 0 amide bonds. The lowest BCUT2D eigenvalue weighted by Crippen LogP contribution is -2.04. The SMILES string of the molecule is Cc1cccc(-c2nc(N)c(F)c(-c3cn(Cc4cc(F)n(C)n4)nn3)n2)c1C. The number of nitrogen functional groups attached to an aromatic ring is 1. The molecule has 2 N–H and O–H groups in total. The van der Waals surface area contributed by atoms with Crippen molar-refractivity contribution in [3.63, 3.8) is 0 Å². The largest absolute Gasteiger partial charge is 0.381 e. The Bertz CT molecular complexity index is 1190. The molecule has 0 unspecified atom stereocenters. The van der Waals surface area contributed by atoms with Crippen LogP contribution >= 0.6 is 0 Å². The van der Waals surface area contributed by atoms with Crippen LogP contribution < -0.4 is 5.73 Å². The summed E-state index contributed by atoms with van der Waals surface area (Å²) in [5.41, 5.74) is 9.20. The molecule has 29 heavy (non-hydrogen) atoms. The van der Waals surface area contributed by atoms with Crippen LogP contribution in [0.25, 0.3) is 22.8 Å². The fraction of sp³-hybridized carbons (Fsp3) is 0.211. The fourth-order valence-corrected chi connectivity index (χ4v) is 2.98. The summed E-state index contributed by atoms with van der Waals surface area (Å²) >= 11 is 0. The standard InChI is InChI=1S/C19H18F2N8/c1-10-5-4-6-13(11(10)2)19-23-17(16(21)18(22)24-19)14-9-29(27-25-14)8-12-7-15(20)28(3)26-12/h4-7,9H,8H2,1-3H3,(H2,22,23,24). The average Bonchev–Trinajstić information content (AvgIpc) is 3.26. The van der Waals surface area contributed by atoms with Crippen LogP contribution in [-0.2, 0) is 13.6 Å². The van der Waals surface area contributed by atoms with Crippen molar-refractivity contribution in [1.29, 1.82) is 0 Å². The molecular weight excluding hydrogens is 378 g/mol. The zero-order valence-corrected chi connectivity index (χ0v) is 16.1. The van der Waals surface area contributed by atoms with Crippen molar-refractivity contribution in [2.45, 2.75) is 20.4 Å². The topological polar surface area (TPSA) is 100 Å². The molecule has 0 spiro atoms. The average molecular weight is 396 g/mol. The first-order valence-corrected chi connectivity index (χ1v) is 8.82. The highest BCUT2D eigenvalue weighted by Gasteiger charge is 2.19. The number of hydrogen-bond donors (Lipinski definition) is 1. The highest BCUT2D eigenvalue weighted by molar-refractivity contribution is 5.67. The predicted octanol–water partition coefficient (Wildman–Crippen LogP) is 2.66. The fourth-order valence-electron chi connectivity index (χ4n) is 2.98. The summed E-state index contributed by atoms with van der Waals surface area (Å²) in [5.74, 6) is -1.20. The number of nitrogens with two attached hydrogens (primary N) is 1. The van der Waals surface area contributed by atoms with Gasteiger partial charge in [-0.2, -0.15) is 9.49 Å². The van der Waals surface area contributed by atoms with Crippen molar-refractivity contribution < 1.29 is 8.78 Å². The van der Waals surface area contributed by atoms with E-state index in [4.69, 9.17) is 5.73 Å². The van der Waals surface area contributed by atoms with Crippen molar-refractivity contribution in [2.75, 3.05) is 5.73 Å². The van der Waals surface area contributed by atoms with Crippen molar-refractivity contribution in [2.24, 2.45) is 7.05 Å². The van der Waals surface area contributed by atoms with E-state index in [1.807, 2.05) is 32.0 Å². The van der Waals surface area contributed by atoms with Crippen molar-refractivity contribution in [3.8, 4) is 22.8 Å². The monoisotopic (exact) mass is 396 g/mol. The molecule has 4 rings (SSSR count). The van der Waals surface area contributed by atoms with E-state index in [9.17, 15) is 8.78 Å². The van der Waals surface area contributed by atoms with Crippen molar-refractivity contribution in [1.82, 2.24) is 34.7 Å². The first-order valence-electron chi connectivity index (χ1n) is 8.82. The van der Waals surface area contributed by atoms with E-state index in [0.29, 0.717) is 11.5 Å². The highest BCUT2D eigenvalue weighted by atomic mass is 19.1. The minimum Gasteiger partial charge on any atom is -0.381 e. The molecule has 148 valence electrons. The maximum atomic E-state index is 14.7. The van der Waals surface area contributed by atoms with Crippen LogP contribution in [0.2, 0.25) is 0 Å². The molecule has 0 saturated heterocycles. The van der Waals surface area contributed by atoms with Crippen molar-refractivity contribution in [3.05, 3.63) is 59.0 Å². The molecule has 3 aromatic heterocycles. The molecular formula is C19H18F2N8. The van der Waals surface area contributed by atoms with Crippen LogP contribution in [0, 0.1) is 25.6 Å². The van der Waals surface area contributed by atoms with Crippen LogP contribution in [0.5, 0.6) is 0 Å². The van der Waals surface area contributed by atoms with Gasteiger partial charge in [-0.15, -0.1) is 5.10 Å². The number of aryl methyl sites for hydroxylation is 2. The van der Waals surface area contributed by atoms with Gasteiger partial charge in [0.1, 0.15) is 11.4 Å². The zero-order chi connectivity index (χ0) is 20.7. The van der Waals surface area contributed by atoms with Gasteiger partial charge >= 0.3 is 0 Å². The van der Waals surface area contributed by atoms with Gasteiger partial charge in [0.15, 0.2) is 17.5 Å². The van der Waals surface area contributed by atoms with Crippen LogP contribution in [0.3, 0.4) is 0 Å². The Hall–Kier alpha value is -3.69. The number of anilines is 1. The second-order valence-electron chi connectivity index (χ2n) is 6.73. The number of hydrogen-bond acceptors (Lipinski definition) is 6. The molecule has 0 aliphatic heterocycles. The number of aromatic nitrogens is 7. The van der Waals surface area contributed by atoms with Crippen LogP contribution in [0.15, 0.2) is 30.5 Å². The summed E-state index contributed by atoms with van der Waals surface area (Å²) in [4.78, 5) is 8.45. The van der Waals surface area contributed by atoms with E-state index in [1.54, 1.807) is 0 Å². The second kappa shape index (κ2) is 7.04. The molecule has 3 heterocycles. The molecule has 0 radical (unpaired) electrons. The molecule has 0 bridgehead atoms. The van der Waals surface area contributed by atoms with E-state index in [1.165, 1.54) is 24.0 Å². The van der Waals surface area contributed by atoms with E-state index in [-0.39, 0.29) is 23.8 Å². The Balaban J connectivity index is 1.72. The number of halogens is 2. The third-order valence-corrected chi connectivity index (χ3v) is 4.70. The van der Waals surface area contributed by atoms with Crippen LogP contribution in [-0.4, -0.2) is 34.7 Å². The van der Waals surface area contributed by atoms with Crippen molar-refractivity contribution >= 4 is 5.82 Å². The minimum atomic E-state index is -0.769. The molecule has 0 aliphatic rings. The van der Waals surface area contributed by atoms with Gasteiger partial charge in [0.25, 0.3) is 0 Å². The van der Waals surface area contributed by atoms with E-state index in [0.717, 1.165) is 21.4 Å². The summed E-state index contributed by atoms with van der Waals surface area (Å²) < 4.78 is 30.7. The summed E-state index contributed by atoms with van der Waals surface area (Å²) in [7, 11) is 1.50. The second-order valence-corrected chi connectivity index (χ2v) is 6.73. The lowest BCUT2D eigenvalue weighted by atomic mass is 10.0. The Morgan fingerprint density at radius 3 is 2.66 bits per heavy atom. The maximum Gasteiger partial charge on any atom is 0.211 e. The first kappa shape index (κ1) is 18.7. The minimum absolute atomic E-state index is 0.0492. The van der Waals surface area contributed by atoms with E-state index < -0.39 is 11.8 Å². The third kappa shape index (κ3) is 3.44. The maximum absolute atomic E-state index is 14.7. The molecule has 0 aliphatic carbocycles. The lowest BCUT2D eigenvalue weighted by molar-refractivity contribution is 0.502. The Morgan fingerprint density at radius 2 is 1.93 bits per heavy atom. The summed E-state index contributed by atoms with van der Waals surface area (Å²) in [6, 6.07) is 7.00. The highest BCUT2D eigenvalue weighted by Crippen LogP contribution is 2.28. The molecule has 1 aromatic carbocycles. The zero-order valence-electron chi connectivity index (χ0n) is 16.1. The summed E-state index contributed by atoms with van der Waals surface area (Å²) in [6.45, 7) is 4.09. The number of nitrogens with zero attached hydrogens (tertiary/aromatic N) is 7. The first-order chi connectivity index (χ1) is 13.8. The van der Waals surface area contributed by atoms with E-state index in [2.05, 4.69) is 25.4 Å². The summed E-state index contributed by atoms with van der Waals surface area (Å²) in [6.07, 6.45) is 1.50.